The van der Waals surface area contributed by atoms with Crippen LogP contribution in [0.25, 0.3) is 0 Å². The smallest absolute Gasteiger partial charge is 0.263 e. The molecule has 4 heteroatoms. The van der Waals surface area contributed by atoms with Crippen molar-refractivity contribution < 1.29 is 9.53 Å². The highest BCUT2D eigenvalue weighted by Gasteiger charge is 2.20. The van der Waals surface area contributed by atoms with Crippen molar-refractivity contribution in [1.82, 2.24) is 4.90 Å². The fourth-order valence-electron chi connectivity index (χ4n) is 2.33. The molecule has 0 aliphatic heterocycles. The summed E-state index contributed by atoms with van der Waals surface area (Å²) in [6.07, 6.45) is -0.534. The third-order valence-corrected chi connectivity index (χ3v) is 3.96. The molecule has 1 amide bonds. The van der Waals surface area contributed by atoms with Gasteiger partial charge in [0.25, 0.3) is 5.91 Å². The van der Waals surface area contributed by atoms with Crippen LogP contribution in [0, 0.1) is 13.8 Å². The van der Waals surface area contributed by atoms with Crippen LogP contribution in [-0.2, 0) is 11.3 Å². The second-order valence-electron chi connectivity index (χ2n) is 5.85. The molecular formula is C19H22ClNO2. The number of benzene rings is 2. The number of hydrogen-bond acceptors (Lipinski definition) is 2. The Kier molecular flexibility index (Phi) is 5.67. The monoisotopic (exact) mass is 331 g/mol. The zero-order valence-corrected chi connectivity index (χ0v) is 14.7. The Balaban J connectivity index is 2.00. The van der Waals surface area contributed by atoms with Crippen molar-refractivity contribution in [3.05, 3.63) is 64.2 Å². The Morgan fingerprint density at radius 2 is 1.83 bits per heavy atom. The van der Waals surface area contributed by atoms with E-state index in [2.05, 4.69) is 0 Å². The standard InChI is InChI=1S/C19H22ClNO2/c1-13-5-6-14(2)18(11-13)23-15(3)19(22)21(4)12-16-7-9-17(20)10-8-16/h5-11,15H,12H2,1-4H3/t15-/m1/s1. The number of carbonyl (C=O) groups is 1. The van der Waals surface area contributed by atoms with Crippen LogP contribution in [-0.4, -0.2) is 24.0 Å². The van der Waals surface area contributed by atoms with E-state index in [4.69, 9.17) is 16.3 Å². The van der Waals surface area contributed by atoms with Gasteiger partial charge in [0.15, 0.2) is 6.10 Å². The summed E-state index contributed by atoms with van der Waals surface area (Å²) in [5.41, 5.74) is 3.17. The first kappa shape index (κ1) is 17.4. The summed E-state index contributed by atoms with van der Waals surface area (Å²) in [5.74, 6) is 0.701. The molecule has 0 radical (unpaired) electrons. The fraction of sp³-hybridized carbons (Fsp3) is 0.316. The summed E-state index contributed by atoms with van der Waals surface area (Å²) < 4.78 is 5.85. The number of rotatable bonds is 5. The van der Waals surface area contributed by atoms with Crippen LogP contribution in [0.4, 0.5) is 0 Å². The van der Waals surface area contributed by atoms with E-state index < -0.39 is 6.10 Å². The van der Waals surface area contributed by atoms with Crippen molar-refractivity contribution in [1.29, 1.82) is 0 Å². The molecule has 0 spiro atoms. The minimum absolute atomic E-state index is 0.0548. The molecule has 1 atom stereocenters. The highest BCUT2D eigenvalue weighted by molar-refractivity contribution is 6.30. The van der Waals surface area contributed by atoms with Gasteiger partial charge in [0.2, 0.25) is 0 Å². The van der Waals surface area contributed by atoms with Crippen LogP contribution in [0.15, 0.2) is 42.5 Å². The molecular weight excluding hydrogens is 310 g/mol. The normalized spacial score (nSPS) is 11.9. The topological polar surface area (TPSA) is 29.5 Å². The number of amides is 1. The highest BCUT2D eigenvalue weighted by atomic mass is 35.5. The molecule has 0 saturated heterocycles. The maximum atomic E-state index is 12.5. The number of likely N-dealkylation sites (N-methyl/N-ethyl adjacent to an activating group) is 1. The number of aryl methyl sites for hydroxylation is 2. The van der Waals surface area contributed by atoms with E-state index in [0.29, 0.717) is 11.6 Å². The van der Waals surface area contributed by atoms with Crippen LogP contribution in [0.1, 0.15) is 23.6 Å². The van der Waals surface area contributed by atoms with Gasteiger partial charge in [-0.1, -0.05) is 35.9 Å². The van der Waals surface area contributed by atoms with Crippen molar-refractivity contribution in [3.63, 3.8) is 0 Å². The first-order valence-corrected chi connectivity index (χ1v) is 7.98. The average molecular weight is 332 g/mol. The molecule has 0 aromatic heterocycles. The molecule has 3 nitrogen and oxygen atoms in total. The number of carbonyl (C=O) groups excluding carboxylic acids is 1. The van der Waals surface area contributed by atoms with E-state index in [9.17, 15) is 4.79 Å². The van der Waals surface area contributed by atoms with E-state index in [1.54, 1.807) is 18.9 Å². The van der Waals surface area contributed by atoms with Crippen molar-refractivity contribution in [2.24, 2.45) is 0 Å². The molecule has 0 aliphatic rings. The maximum absolute atomic E-state index is 12.5. The lowest BCUT2D eigenvalue weighted by molar-refractivity contribution is -0.137. The molecule has 23 heavy (non-hydrogen) atoms. The number of nitrogens with zero attached hydrogens (tertiary/aromatic N) is 1. The molecule has 2 aromatic rings. The minimum atomic E-state index is -0.534. The quantitative estimate of drug-likeness (QED) is 0.813. The lowest BCUT2D eigenvalue weighted by Gasteiger charge is -2.23. The van der Waals surface area contributed by atoms with E-state index in [1.165, 1.54) is 0 Å². The number of halogens is 1. The van der Waals surface area contributed by atoms with Gasteiger partial charge in [0.05, 0.1) is 0 Å². The Hall–Kier alpha value is -2.00. The van der Waals surface area contributed by atoms with Gasteiger partial charge in [0, 0.05) is 18.6 Å². The van der Waals surface area contributed by atoms with Gasteiger partial charge in [-0.05, 0) is 55.7 Å². The van der Waals surface area contributed by atoms with Crippen LogP contribution in [0.2, 0.25) is 5.02 Å². The van der Waals surface area contributed by atoms with E-state index in [0.717, 1.165) is 22.4 Å². The molecule has 122 valence electrons. The van der Waals surface area contributed by atoms with Crippen molar-refractivity contribution in [3.8, 4) is 5.75 Å². The van der Waals surface area contributed by atoms with Gasteiger partial charge in [-0.25, -0.2) is 0 Å². The Bertz CT molecular complexity index is 682. The third-order valence-electron chi connectivity index (χ3n) is 3.70. The molecule has 0 saturated carbocycles. The first-order valence-electron chi connectivity index (χ1n) is 7.60. The second kappa shape index (κ2) is 7.51. The van der Waals surface area contributed by atoms with Crippen molar-refractivity contribution in [2.45, 2.75) is 33.4 Å². The molecule has 0 heterocycles. The van der Waals surface area contributed by atoms with Gasteiger partial charge in [-0.3, -0.25) is 4.79 Å². The van der Waals surface area contributed by atoms with E-state index in [1.807, 2.05) is 56.3 Å². The summed E-state index contributed by atoms with van der Waals surface area (Å²) in [7, 11) is 1.78. The van der Waals surface area contributed by atoms with Crippen LogP contribution in [0.5, 0.6) is 5.75 Å². The molecule has 2 rings (SSSR count). The average Bonchev–Trinajstić information content (AvgIpc) is 2.52. The van der Waals surface area contributed by atoms with Crippen LogP contribution >= 0.6 is 11.6 Å². The Morgan fingerprint density at radius 1 is 1.17 bits per heavy atom. The zero-order valence-electron chi connectivity index (χ0n) is 14.0. The highest BCUT2D eigenvalue weighted by Crippen LogP contribution is 2.21. The predicted octanol–water partition coefficient (Wildman–Crippen LogP) is 4.38. The summed E-state index contributed by atoms with van der Waals surface area (Å²) in [6.45, 7) is 6.29. The summed E-state index contributed by atoms with van der Waals surface area (Å²) in [4.78, 5) is 14.2. The molecule has 0 fully saturated rings. The summed E-state index contributed by atoms with van der Waals surface area (Å²) in [5, 5.41) is 0.689. The zero-order chi connectivity index (χ0) is 17.0. The molecule has 0 bridgehead atoms. The first-order chi connectivity index (χ1) is 10.9. The molecule has 0 unspecified atom stereocenters. The Morgan fingerprint density at radius 3 is 2.48 bits per heavy atom. The molecule has 2 aromatic carbocycles. The predicted molar refractivity (Wildman–Crippen MR) is 93.9 cm³/mol. The van der Waals surface area contributed by atoms with Gasteiger partial charge >= 0.3 is 0 Å². The summed E-state index contributed by atoms with van der Waals surface area (Å²) >= 11 is 5.88. The lowest BCUT2D eigenvalue weighted by Crippen LogP contribution is -2.37. The largest absolute Gasteiger partial charge is 0.481 e. The maximum Gasteiger partial charge on any atom is 0.263 e. The summed E-state index contributed by atoms with van der Waals surface area (Å²) in [6, 6.07) is 13.5. The Labute approximate surface area is 142 Å². The second-order valence-corrected chi connectivity index (χ2v) is 6.29. The lowest BCUT2D eigenvalue weighted by atomic mass is 10.1. The number of hydrogen-bond donors (Lipinski definition) is 0. The molecule has 0 N–H and O–H groups in total. The minimum Gasteiger partial charge on any atom is -0.481 e. The van der Waals surface area contributed by atoms with Crippen LogP contribution in [0.3, 0.4) is 0 Å². The number of ether oxygens (including phenoxy) is 1. The van der Waals surface area contributed by atoms with Gasteiger partial charge in [-0.2, -0.15) is 0 Å². The fourth-order valence-corrected chi connectivity index (χ4v) is 2.45. The SMILES string of the molecule is Cc1ccc(C)c(O[C@H](C)C(=O)N(C)Cc2ccc(Cl)cc2)c1. The van der Waals surface area contributed by atoms with Gasteiger partial charge < -0.3 is 9.64 Å². The van der Waals surface area contributed by atoms with E-state index in [-0.39, 0.29) is 5.91 Å². The van der Waals surface area contributed by atoms with Crippen molar-refractivity contribution >= 4 is 17.5 Å². The van der Waals surface area contributed by atoms with Gasteiger partial charge in [-0.15, -0.1) is 0 Å². The molecule has 0 aliphatic carbocycles. The van der Waals surface area contributed by atoms with Crippen molar-refractivity contribution in [2.75, 3.05) is 7.05 Å². The van der Waals surface area contributed by atoms with Crippen LogP contribution < -0.4 is 4.74 Å². The van der Waals surface area contributed by atoms with E-state index >= 15 is 0 Å². The third kappa shape index (κ3) is 4.73. The van der Waals surface area contributed by atoms with Gasteiger partial charge in [0.1, 0.15) is 5.75 Å².